The van der Waals surface area contributed by atoms with E-state index in [1.807, 2.05) is 10.6 Å². The lowest BCUT2D eigenvalue weighted by molar-refractivity contribution is 0.161. The number of nitrogens with two attached hydrogens (primary N) is 1. The molecule has 0 spiro atoms. The Kier molecular flexibility index (Phi) is 11.2. The summed E-state index contributed by atoms with van der Waals surface area (Å²) in [4.78, 5) is 18.4. The Hall–Kier alpha value is -3.11. The SMILES string of the molecule is CCCCOc1nc(N)c2nc(OC)n(CC3CCN(CCCN(C)CCOc4cccc(CC)c4)CC3)c2n1. The summed E-state index contributed by atoms with van der Waals surface area (Å²) in [6.45, 7) is 11.7. The fourth-order valence-corrected chi connectivity index (χ4v) is 5.18. The second-order valence-corrected chi connectivity index (χ2v) is 10.8. The lowest BCUT2D eigenvalue weighted by atomic mass is 9.96. The Labute approximate surface area is 238 Å². The predicted molar refractivity (Wildman–Crippen MR) is 159 cm³/mol. The average Bonchev–Trinajstić information content (AvgIpc) is 3.32. The first-order chi connectivity index (χ1) is 19.5. The minimum atomic E-state index is 0.305. The predicted octanol–water partition coefficient (Wildman–Crippen LogP) is 4.27. The van der Waals surface area contributed by atoms with Crippen molar-refractivity contribution in [3.63, 3.8) is 0 Å². The zero-order valence-corrected chi connectivity index (χ0v) is 24.8. The number of ether oxygens (including phenoxy) is 3. The molecule has 0 bridgehead atoms. The summed E-state index contributed by atoms with van der Waals surface area (Å²) >= 11 is 0. The van der Waals surface area contributed by atoms with E-state index in [-0.39, 0.29) is 0 Å². The number of nitrogens with zero attached hydrogens (tertiary/aromatic N) is 6. The Bertz CT molecular complexity index is 1190. The summed E-state index contributed by atoms with van der Waals surface area (Å²) < 4.78 is 19.3. The van der Waals surface area contributed by atoms with E-state index in [4.69, 9.17) is 19.9 Å². The molecule has 10 nitrogen and oxygen atoms in total. The minimum absolute atomic E-state index is 0.305. The molecule has 1 saturated heterocycles. The van der Waals surface area contributed by atoms with Gasteiger partial charge in [-0.3, -0.25) is 4.57 Å². The van der Waals surface area contributed by atoms with E-state index in [1.54, 1.807) is 7.11 Å². The van der Waals surface area contributed by atoms with Crippen LogP contribution in [0.3, 0.4) is 0 Å². The third-order valence-electron chi connectivity index (χ3n) is 7.69. The number of fused-ring (bicyclic) bond motifs is 1. The zero-order chi connectivity index (χ0) is 28.3. The summed E-state index contributed by atoms with van der Waals surface area (Å²) in [6.07, 6.45) is 6.43. The van der Waals surface area contributed by atoms with Crippen molar-refractivity contribution >= 4 is 17.0 Å². The molecule has 3 aromatic rings. The normalized spacial score (nSPS) is 14.7. The molecule has 1 fully saturated rings. The number of hydrogen-bond donors (Lipinski definition) is 1. The van der Waals surface area contributed by atoms with Crippen molar-refractivity contribution in [2.45, 2.75) is 58.9 Å². The molecule has 0 saturated carbocycles. The molecule has 2 N–H and O–H groups in total. The first-order valence-corrected chi connectivity index (χ1v) is 14.8. The average molecular weight is 554 g/mol. The number of aryl methyl sites for hydroxylation is 1. The van der Waals surface area contributed by atoms with Crippen LogP contribution < -0.4 is 19.9 Å². The molecule has 10 heteroatoms. The number of aromatic nitrogens is 4. The van der Waals surface area contributed by atoms with Crippen LogP contribution in [-0.2, 0) is 13.0 Å². The molecular formula is C30H47N7O3. The van der Waals surface area contributed by atoms with Gasteiger partial charge in [-0.05, 0) is 88.9 Å². The van der Waals surface area contributed by atoms with E-state index >= 15 is 0 Å². The third kappa shape index (κ3) is 8.20. The van der Waals surface area contributed by atoms with Crippen LogP contribution in [0.4, 0.5) is 5.82 Å². The molecule has 0 amide bonds. The maximum atomic E-state index is 6.20. The van der Waals surface area contributed by atoms with Crippen molar-refractivity contribution in [2.24, 2.45) is 5.92 Å². The molecule has 3 heterocycles. The summed E-state index contributed by atoms with van der Waals surface area (Å²) in [7, 11) is 3.81. The van der Waals surface area contributed by atoms with Gasteiger partial charge in [-0.1, -0.05) is 32.4 Å². The van der Waals surface area contributed by atoms with Gasteiger partial charge in [0.2, 0.25) is 0 Å². The molecule has 0 radical (unpaired) electrons. The molecule has 40 heavy (non-hydrogen) atoms. The number of piperidine rings is 1. The molecule has 4 rings (SSSR count). The minimum Gasteiger partial charge on any atom is -0.492 e. The van der Waals surface area contributed by atoms with Crippen LogP contribution in [0.2, 0.25) is 0 Å². The largest absolute Gasteiger partial charge is 0.492 e. The summed E-state index contributed by atoms with van der Waals surface area (Å²) in [5.41, 5.74) is 8.77. The van der Waals surface area contributed by atoms with Gasteiger partial charge >= 0.3 is 6.01 Å². The van der Waals surface area contributed by atoms with Crippen molar-refractivity contribution < 1.29 is 14.2 Å². The van der Waals surface area contributed by atoms with Gasteiger partial charge in [0.15, 0.2) is 17.0 Å². The zero-order valence-electron chi connectivity index (χ0n) is 24.8. The van der Waals surface area contributed by atoms with E-state index in [2.05, 4.69) is 63.8 Å². The van der Waals surface area contributed by atoms with Crippen LogP contribution in [0.15, 0.2) is 24.3 Å². The monoisotopic (exact) mass is 553 g/mol. The van der Waals surface area contributed by atoms with Gasteiger partial charge in [0, 0.05) is 13.1 Å². The highest BCUT2D eigenvalue weighted by atomic mass is 16.5. The molecule has 220 valence electrons. The van der Waals surface area contributed by atoms with Crippen molar-refractivity contribution in [3.05, 3.63) is 29.8 Å². The first-order valence-electron chi connectivity index (χ1n) is 14.8. The molecule has 0 aliphatic carbocycles. The summed E-state index contributed by atoms with van der Waals surface area (Å²) in [5.74, 6) is 1.81. The standard InChI is InChI=1S/C30H47N7O3/c1-5-7-19-40-29-33-27(31)26-28(34-29)37(30(32-26)38-4)22-24-12-16-36(17-13-24)15-9-14-35(3)18-20-39-25-11-8-10-23(6-2)21-25/h8,10-11,21,24H,5-7,9,12-20,22H2,1-4H3,(H2,31,33,34). The molecule has 2 aromatic heterocycles. The lowest BCUT2D eigenvalue weighted by Crippen LogP contribution is -2.37. The van der Waals surface area contributed by atoms with Gasteiger partial charge in [-0.15, -0.1) is 0 Å². The summed E-state index contributed by atoms with van der Waals surface area (Å²) in [5, 5.41) is 0. The van der Waals surface area contributed by atoms with Crippen LogP contribution in [0, 0.1) is 5.92 Å². The number of hydrogen-bond acceptors (Lipinski definition) is 9. The highest BCUT2D eigenvalue weighted by Crippen LogP contribution is 2.29. The third-order valence-corrected chi connectivity index (χ3v) is 7.69. The second-order valence-electron chi connectivity index (χ2n) is 10.8. The number of likely N-dealkylation sites (tertiary alicyclic amines) is 1. The molecular weight excluding hydrogens is 506 g/mol. The number of nitrogen functional groups attached to an aromatic ring is 1. The Morgan fingerprint density at radius 2 is 1.85 bits per heavy atom. The number of likely N-dealkylation sites (N-methyl/N-ethyl adjacent to an activating group) is 1. The highest BCUT2D eigenvalue weighted by Gasteiger charge is 2.24. The van der Waals surface area contributed by atoms with Crippen LogP contribution in [-0.4, -0.2) is 89.4 Å². The Morgan fingerprint density at radius 3 is 2.60 bits per heavy atom. The molecule has 0 unspecified atom stereocenters. The highest BCUT2D eigenvalue weighted by molar-refractivity contribution is 5.83. The number of imidazole rings is 1. The molecule has 0 atom stereocenters. The van der Waals surface area contributed by atoms with E-state index in [9.17, 15) is 0 Å². The Balaban J connectivity index is 1.20. The van der Waals surface area contributed by atoms with Crippen LogP contribution in [0.25, 0.3) is 11.2 Å². The van der Waals surface area contributed by atoms with E-state index < -0.39 is 0 Å². The summed E-state index contributed by atoms with van der Waals surface area (Å²) in [6, 6.07) is 9.22. The Morgan fingerprint density at radius 1 is 1.02 bits per heavy atom. The quantitative estimate of drug-likeness (QED) is 0.260. The van der Waals surface area contributed by atoms with Crippen molar-refractivity contribution in [2.75, 3.05) is 65.8 Å². The number of methoxy groups -OCH3 is 1. The smallest absolute Gasteiger partial charge is 0.320 e. The second kappa shape index (κ2) is 15.0. The van der Waals surface area contributed by atoms with Gasteiger partial charge in [0.1, 0.15) is 12.4 Å². The van der Waals surface area contributed by atoms with Crippen molar-refractivity contribution in [1.82, 2.24) is 29.3 Å². The van der Waals surface area contributed by atoms with E-state index in [1.165, 1.54) is 5.56 Å². The van der Waals surface area contributed by atoms with Gasteiger partial charge < -0.3 is 29.7 Å². The molecule has 1 aliphatic heterocycles. The van der Waals surface area contributed by atoms with Gasteiger partial charge in [0.05, 0.1) is 13.7 Å². The fourth-order valence-electron chi connectivity index (χ4n) is 5.18. The van der Waals surface area contributed by atoms with E-state index in [0.29, 0.717) is 48.1 Å². The van der Waals surface area contributed by atoms with Crippen molar-refractivity contribution in [3.8, 4) is 17.8 Å². The maximum Gasteiger partial charge on any atom is 0.320 e. The number of rotatable bonds is 16. The number of benzene rings is 1. The van der Waals surface area contributed by atoms with Crippen LogP contribution >= 0.6 is 0 Å². The van der Waals surface area contributed by atoms with Gasteiger partial charge in [-0.2, -0.15) is 15.0 Å². The number of anilines is 1. The molecule has 1 aliphatic rings. The van der Waals surface area contributed by atoms with Crippen LogP contribution in [0.5, 0.6) is 17.8 Å². The first kappa shape index (κ1) is 29.9. The fraction of sp³-hybridized carbons (Fsp3) is 0.633. The maximum absolute atomic E-state index is 6.20. The van der Waals surface area contributed by atoms with E-state index in [0.717, 1.165) is 83.5 Å². The van der Waals surface area contributed by atoms with Crippen molar-refractivity contribution in [1.29, 1.82) is 0 Å². The van der Waals surface area contributed by atoms with Gasteiger partial charge in [-0.25, -0.2) is 0 Å². The number of unbranched alkanes of at least 4 members (excludes halogenated alkanes) is 1. The topological polar surface area (TPSA) is 104 Å². The van der Waals surface area contributed by atoms with Crippen LogP contribution in [0.1, 0.15) is 51.5 Å². The molecule has 1 aromatic carbocycles. The lowest BCUT2D eigenvalue weighted by Gasteiger charge is -2.32. The van der Waals surface area contributed by atoms with Gasteiger partial charge in [0.25, 0.3) is 6.01 Å².